The van der Waals surface area contributed by atoms with Crippen molar-refractivity contribution >= 4 is 28.2 Å². The second-order valence-electron chi connectivity index (χ2n) is 9.74. The number of nitrogens with two attached hydrogens (primary N) is 2. The van der Waals surface area contributed by atoms with Crippen LogP contribution in [-0.4, -0.2) is 28.7 Å². The Labute approximate surface area is 210 Å². The average Bonchev–Trinajstić information content (AvgIpc) is 3.67. The van der Waals surface area contributed by atoms with Crippen molar-refractivity contribution in [2.24, 2.45) is 11.1 Å². The topological polar surface area (TPSA) is 136 Å². The lowest BCUT2D eigenvalue weighted by Crippen LogP contribution is -2.38. The molecule has 0 amide bonds. The van der Waals surface area contributed by atoms with E-state index in [9.17, 15) is 14.7 Å². The highest BCUT2D eigenvalue weighted by Crippen LogP contribution is 2.44. The fourth-order valence-corrected chi connectivity index (χ4v) is 4.66. The van der Waals surface area contributed by atoms with Gasteiger partial charge in [0.15, 0.2) is 11.6 Å². The number of hydrogen-bond acceptors (Lipinski definition) is 7. The summed E-state index contributed by atoms with van der Waals surface area (Å²) in [5.74, 6) is -3.63. The second-order valence-corrected chi connectivity index (χ2v) is 9.74. The number of hydrogen-bond donors (Lipinski definition) is 4. The summed E-state index contributed by atoms with van der Waals surface area (Å²) < 4.78 is 33.2. The van der Waals surface area contributed by atoms with Gasteiger partial charge < -0.3 is 26.0 Å². The van der Waals surface area contributed by atoms with Gasteiger partial charge in [-0.05, 0) is 18.4 Å². The lowest BCUT2D eigenvalue weighted by molar-refractivity contribution is 0.0374. The molecule has 9 nitrogen and oxygen atoms in total. The Bertz CT molecular complexity index is 1490. The van der Waals surface area contributed by atoms with Crippen molar-refractivity contribution in [3.05, 3.63) is 81.4 Å². The highest BCUT2D eigenvalue weighted by atomic mass is 19.1. The van der Waals surface area contributed by atoms with E-state index in [0.717, 1.165) is 11.8 Å². The van der Waals surface area contributed by atoms with Gasteiger partial charge in [-0.1, -0.05) is 37.3 Å². The van der Waals surface area contributed by atoms with E-state index in [1.165, 1.54) is 15.7 Å². The number of nitrogens with one attached hydrogen (secondary N) is 1. The number of fused-ring (bicyclic) bond motifs is 1. The van der Waals surface area contributed by atoms with Crippen LogP contribution in [0.15, 0.2) is 53.2 Å². The summed E-state index contributed by atoms with van der Waals surface area (Å²) in [4.78, 5) is 31.5. The zero-order valence-corrected chi connectivity index (χ0v) is 20.1. The van der Waals surface area contributed by atoms with E-state index >= 15 is 8.78 Å². The number of carbonyl (C=O) groups is 1. The molecule has 1 aromatic heterocycles. The molecule has 0 spiro atoms. The Balaban J connectivity index is 1.58. The molecule has 2 aliphatic rings. The maximum absolute atomic E-state index is 16.1. The van der Waals surface area contributed by atoms with Gasteiger partial charge >= 0.3 is 5.97 Å². The van der Waals surface area contributed by atoms with Gasteiger partial charge in [0.05, 0.1) is 28.9 Å². The standard InChI is InChI=1S/C26H27F2N5O4/c1-26(12-29)13-32(10-17(26)31-37-11-14-5-3-2-4-6-14)23-19(27)21(30)18-22(20(23)28)33(15-7-8-15)9-16(24(18)34)25(35)36/h2-6,9-10,15,31H,7-8,11-13,29-30H2,1H3,(H,35,36). The molecule has 194 valence electrons. The summed E-state index contributed by atoms with van der Waals surface area (Å²) >= 11 is 0. The van der Waals surface area contributed by atoms with Crippen molar-refractivity contribution in [1.29, 1.82) is 0 Å². The quantitative estimate of drug-likeness (QED) is 0.267. The molecule has 1 atom stereocenters. The molecule has 1 saturated carbocycles. The third-order valence-electron chi connectivity index (χ3n) is 6.99. The molecule has 2 heterocycles. The van der Waals surface area contributed by atoms with Crippen LogP contribution < -0.4 is 27.3 Å². The highest BCUT2D eigenvalue weighted by Gasteiger charge is 2.40. The molecule has 0 radical (unpaired) electrons. The third-order valence-corrected chi connectivity index (χ3v) is 6.99. The molecule has 3 aromatic rings. The number of benzene rings is 2. The molecule has 11 heteroatoms. The van der Waals surface area contributed by atoms with Crippen LogP contribution in [0.3, 0.4) is 0 Å². The number of nitrogens with zero attached hydrogens (tertiary/aromatic N) is 2. The van der Waals surface area contributed by atoms with Crippen LogP contribution in [0, 0.1) is 17.0 Å². The third kappa shape index (κ3) is 4.19. The number of aromatic nitrogens is 1. The number of nitrogen functional groups attached to an aromatic ring is 1. The first-order chi connectivity index (χ1) is 17.7. The van der Waals surface area contributed by atoms with Crippen molar-refractivity contribution in [3.8, 4) is 0 Å². The van der Waals surface area contributed by atoms with E-state index < -0.39 is 50.8 Å². The van der Waals surface area contributed by atoms with Gasteiger partial charge in [0.2, 0.25) is 5.43 Å². The molecule has 0 bridgehead atoms. The fourth-order valence-electron chi connectivity index (χ4n) is 4.66. The Kier molecular flexibility index (Phi) is 6.12. The number of pyridine rings is 1. The van der Waals surface area contributed by atoms with E-state index in [0.29, 0.717) is 18.5 Å². The molecule has 1 aliphatic carbocycles. The molecular weight excluding hydrogens is 484 g/mol. The molecule has 1 aliphatic heterocycles. The van der Waals surface area contributed by atoms with Crippen molar-refractivity contribution in [2.75, 3.05) is 23.7 Å². The highest BCUT2D eigenvalue weighted by molar-refractivity contribution is 6.00. The minimum atomic E-state index is -1.49. The lowest BCUT2D eigenvalue weighted by Gasteiger charge is -2.28. The normalized spacial score (nSPS) is 19.4. The number of aromatic carboxylic acids is 1. The van der Waals surface area contributed by atoms with Crippen molar-refractivity contribution in [2.45, 2.75) is 32.4 Å². The average molecular weight is 512 g/mol. The minimum Gasteiger partial charge on any atom is -0.477 e. The first-order valence-corrected chi connectivity index (χ1v) is 11.9. The number of carboxylic acids is 1. The Hall–Kier alpha value is -3.96. The van der Waals surface area contributed by atoms with E-state index in [1.807, 2.05) is 37.3 Å². The van der Waals surface area contributed by atoms with Gasteiger partial charge in [-0.15, -0.1) is 0 Å². The van der Waals surface area contributed by atoms with Crippen LogP contribution in [0.5, 0.6) is 0 Å². The maximum atomic E-state index is 16.1. The number of rotatable bonds is 8. The molecule has 1 fully saturated rings. The van der Waals surface area contributed by atoms with Crippen molar-refractivity contribution in [1.82, 2.24) is 10.0 Å². The number of carboxylic acid groups (broad SMARTS) is 1. The zero-order chi connectivity index (χ0) is 26.5. The molecule has 2 aromatic carbocycles. The first kappa shape index (κ1) is 24.7. The smallest absolute Gasteiger partial charge is 0.341 e. The van der Waals surface area contributed by atoms with E-state index in [2.05, 4.69) is 5.48 Å². The van der Waals surface area contributed by atoms with Gasteiger partial charge in [-0.3, -0.25) is 15.1 Å². The fraction of sp³-hybridized carbons (Fsp3) is 0.308. The first-order valence-electron chi connectivity index (χ1n) is 11.9. The monoisotopic (exact) mass is 511 g/mol. The van der Waals surface area contributed by atoms with Crippen LogP contribution in [0.4, 0.5) is 20.2 Å². The van der Waals surface area contributed by atoms with Crippen LogP contribution in [0.2, 0.25) is 0 Å². The maximum Gasteiger partial charge on any atom is 0.341 e. The minimum absolute atomic E-state index is 0.111. The summed E-state index contributed by atoms with van der Waals surface area (Å²) in [6, 6.07) is 9.25. The molecule has 37 heavy (non-hydrogen) atoms. The summed E-state index contributed by atoms with van der Waals surface area (Å²) in [5, 5.41) is 9.01. The number of hydroxylamine groups is 1. The summed E-state index contributed by atoms with van der Waals surface area (Å²) in [5.41, 5.74) is 12.8. The summed E-state index contributed by atoms with van der Waals surface area (Å²) in [6.07, 6.45) is 3.97. The van der Waals surface area contributed by atoms with Crippen molar-refractivity contribution in [3.63, 3.8) is 0 Å². The molecule has 5 rings (SSSR count). The number of halogens is 2. The number of anilines is 2. The van der Waals surface area contributed by atoms with E-state index in [1.54, 1.807) is 0 Å². The summed E-state index contributed by atoms with van der Waals surface area (Å²) in [7, 11) is 0. The van der Waals surface area contributed by atoms with Crippen LogP contribution in [-0.2, 0) is 11.4 Å². The van der Waals surface area contributed by atoms with Crippen LogP contribution in [0.25, 0.3) is 10.9 Å². The second kappa shape index (κ2) is 9.16. The van der Waals surface area contributed by atoms with Gasteiger partial charge in [0.1, 0.15) is 11.3 Å². The van der Waals surface area contributed by atoms with Crippen LogP contribution >= 0.6 is 0 Å². The van der Waals surface area contributed by atoms with E-state index in [4.69, 9.17) is 16.3 Å². The van der Waals surface area contributed by atoms with Gasteiger partial charge in [0.25, 0.3) is 0 Å². The predicted octanol–water partition coefficient (Wildman–Crippen LogP) is 3.24. The Morgan fingerprint density at radius 3 is 2.57 bits per heavy atom. The van der Waals surface area contributed by atoms with E-state index in [-0.39, 0.29) is 31.3 Å². The zero-order valence-electron chi connectivity index (χ0n) is 20.1. The van der Waals surface area contributed by atoms with Gasteiger partial charge in [0, 0.05) is 36.9 Å². The SMILES string of the molecule is CC1(CN)CN(c2c(F)c(N)c3c(=O)c(C(=O)O)cn(C4CC4)c3c2F)C=C1NOCc1ccccc1. The van der Waals surface area contributed by atoms with Gasteiger partial charge in [-0.25, -0.2) is 13.6 Å². The molecule has 0 saturated heterocycles. The van der Waals surface area contributed by atoms with Gasteiger partial charge in [-0.2, -0.15) is 0 Å². The summed E-state index contributed by atoms with van der Waals surface area (Å²) in [6.45, 7) is 2.35. The Morgan fingerprint density at radius 2 is 1.95 bits per heavy atom. The molecule has 6 N–H and O–H groups in total. The van der Waals surface area contributed by atoms with Crippen molar-refractivity contribution < 1.29 is 23.5 Å². The largest absolute Gasteiger partial charge is 0.477 e. The molecule has 1 unspecified atom stereocenters. The van der Waals surface area contributed by atoms with Crippen LogP contribution in [0.1, 0.15) is 41.7 Å². The molecular formula is C26H27F2N5O4. The predicted molar refractivity (Wildman–Crippen MR) is 135 cm³/mol. The Morgan fingerprint density at radius 1 is 1.24 bits per heavy atom. The lowest BCUT2D eigenvalue weighted by atomic mass is 9.89.